The molecular formula is C19H21N3O3S. The molecule has 26 heavy (non-hydrogen) atoms. The third kappa shape index (κ3) is 4.49. The fourth-order valence-electron chi connectivity index (χ4n) is 2.41. The molecule has 1 aromatic carbocycles. The van der Waals surface area contributed by atoms with Gasteiger partial charge in [-0.25, -0.2) is 0 Å². The zero-order chi connectivity index (χ0) is 18.7. The SMILES string of the molecule is Cc1ccc(NC(=O)C2CC2)cc1NC(=O)C(C)NC(=O)c1cccs1. The lowest BCUT2D eigenvalue weighted by Gasteiger charge is -2.16. The van der Waals surface area contributed by atoms with Gasteiger partial charge in [-0.15, -0.1) is 11.3 Å². The van der Waals surface area contributed by atoms with Crippen LogP contribution in [0.4, 0.5) is 11.4 Å². The Labute approximate surface area is 156 Å². The van der Waals surface area contributed by atoms with Gasteiger partial charge in [0.25, 0.3) is 5.91 Å². The summed E-state index contributed by atoms with van der Waals surface area (Å²) >= 11 is 1.32. The number of carbonyl (C=O) groups excluding carboxylic acids is 3. The molecule has 0 spiro atoms. The molecule has 1 atom stereocenters. The topological polar surface area (TPSA) is 87.3 Å². The summed E-state index contributed by atoms with van der Waals surface area (Å²) < 4.78 is 0. The van der Waals surface area contributed by atoms with Crippen molar-refractivity contribution in [1.29, 1.82) is 0 Å². The summed E-state index contributed by atoms with van der Waals surface area (Å²) in [5.41, 5.74) is 2.14. The average Bonchev–Trinajstić information content (AvgIpc) is 3.32. The molecule has 0 saturated heterocycles. The van der Waals surface area contributed by atoms with E-state index in [9.17, 15) is 14.4 Å². The molecule has 0 bridgehead atoms. The molecule has 0 radical (unpaired) electrons. The maximum Gasteiger partial charge on any atom is 0.261 e. The minimum atomic E-state index is -0.686. The highest BCUT2D eigenvalue weighted by Gasteiger charge is 2.29. The number of rotatable bonds is 6. The first kappa shape index (κ1) is 18.1. The highest BCUT2D eigenvalue weighted by atomic mass is 32.1. The zero-order valence-corrected chi connectivity index (χ0v) is 15.5. The van der Waals surface area contributed by atoms with E-state index < -0.39 is 6.04 Å². The molecule has 7 heteroatoms. The molecule has 2 aromatic rings. The molecule has 3 N–H and O–H groups in total. The van der Waals surface area contributed by atoms with Crippen molar-refractivity contribution in [1.82, 2.24) is 5.32 Å². The first-order valence-corrected chi connectivity index (χ1v) is 9.39. The van der Waals surface area contributed by atoms with Crippen LogP contribution in [0.2, 0.25) is 0 Å². The van der Waals surface area contributed by atoms with Crippen LogP contribution < -0.4 is 16.0 Å². The minimum absolute atomic E-state index is 0.0164. The van der Waals surface area contributed by atoms with Crippen LogP contribution in [0.3, 0.4) is 0 Å². The molecule has 136 valence electrons. The Bertz CT molecular complexity index is 829. The summed E-state index contributed by atoms with van der Waals surface area (Å²) in [6, 6.07) is 8.20. The summed E-state index contributed by atoms with van der Waals surface area (Å²) in [5.74, 6) is -0.460. The standard InChI is InChI=1S/C19H21N3O3S/c1-11-5-8-14(21-18(24)13-6-7-13)10-15(11)22-17(23)12(2)20-19(25)16-4-3-9-26-16/h3-5,8-10,12-13H,6-7H2,1-2H3,(H,20,25)(H,21,24)(H,22,23). The molecule has 1 heterocycles. The van der Waals surface area contributed by atoms with Crippen LogP contribution in [0.5, 0.6) is 0 Å². The third-order valence-corrected chi connectivity index (χ3v) is 5.07. The van der Waals surface area contributed by atoms with E-state index in [1.54, 1.807) is 25.1 Å². The van der Waals surface area contributed by atoms with Crippen molar-refractivity contribution in [2.45, 2.75) is 32.7 Å². The molecule has 1 aromatic heterocycles. The van der Waals surface area contributed by atoms with Crippen LogP contribution in [0.1, 0.15) is 35.0 Å². The Morgan fingerprint density at radius 3 is 2.58 bits per heavy atom. The van der Waals surface area contributed by atoms with Crippen molar-refractivity contribution in [2.75, 3.05) is 10.6 Å². The molecular weight excluding hydrogens is 350 g/mol. The lowest BCUT2D eigenvalue weighted by Crippen LogP contribution is -2.41. The Hall–Kier alpha value is -2.67. The van der Waals surface area contributed by atoms with E-state index in [1.165, 1.54) is 11.3 Å². The number of hydrogen-bond acceptors (Lipinski definition) is 4. The van der Waals surface area contributed by atoms with Gasteiger partial charge in [0.05, 0.1) is 4.88 Å². The normalized spacial score (nSPS) is 14.4. The number of nitrogens with one attached hydrogen (secondary N) is 3. The first-order chi connectivity index (χ1) is 12.4. The van der Waals surface area contributed by atoms with Gasteiger partial charge < -0.3 is 16.0 Å². The van der Waals surface area contributed by atoms with Crippen LogP contribution >= 0.6 is 11.3 Å². The third-order valence-electron chi connectivity index (χ3n) is 4.20. The van der Waals surface area contributed by atoms with Crippen LogP contribution in [0.25, 0.3) is 0 Å². The van der Waals surface area contributed by atoms with Crippen LogP contribution in [0, 0.1) is 12.8 Å². The van der Waals surface area contributed by atoms with Crippen molar-refractivity contribution >= 4 is 40.4 Å². The molecule has 3 rings (SSSR count). The summed E-state index contributed by atoms with van der Waals surface area (Å²) in [4.78, 5) is 36.9. The fourth-order valence-corrected chi connectivity index (χ4v) is 3.03. The number of carbonyl (C=O) groups is 3. The second kappa shape index (κ2) is 7.70. The quantitative estimate of drug-likeness (QED) is 0.729. The Morgan fingerprint density at radius 1 is 1.15 bits per heavy atom. The van der Waals surface area contributed by atoms with Gasteiger partial charge in [-0.2, -0.15) is 0 Å². The highest BCUT2D eigenvalue weighted by molar-refractivity contribution is 7.12. The van der Waals surface area contributed by atoms with Gasteiger partial charge in [-0.3, -0.25) is 14.4 Å². The van der Waals surface area contributed by atoms with Gasteiger partial charge in [0, 0.05) is 17.3 Å². The van der Waals surface area contributed by atoms with E-state index in [0.29, 0.717) is 16.3 Å². The average molecular weight is 371 g/mol. The van der Waals surface area contributed by atoms with E-state index in [-0.39, 0.29) is 23.6 Å². The van der Waals surface area contributed by atoms with Crippen molar-refractivity contribution in [3.8, 4) is 0 Å². The van der Waals surface area contributed by atoms with Crippen molar-refractivity contribution in [2.24, 2.45) is 5.92 Å². The monoisotopic (exact) mass is 371 g/mol. The second-order valence-electron chi connectivity index (χ2n) is 6.45. The molecule has 3 amide bonds. The molecule has 1 aliphatic carbocycles. The largest absolute Gasteiger partial charge is 0.340 e. The van der Waals surface area contributed by atoms with E-state index >= 15 is 0 Å². The summed E-state index contributed by atoms with van der Waals surface area (Å²) in [5, 5.41) is 10.2. The summed E-state index contributed by atoms with van der Waals surface area (Å²) in [6.07, 6.45) is 1.87. The Morgan fingerprint density at radius 2 is 1.92 bits per heavy atom. The van der Waals surface area contributed by atoms with Crippen molar-refractivity contribution < 1.29 is 14.4 Å². The van der Waals surface area contributed by atoms with Crippen molar-refractivity contribution in [3.05, 3.63) is 46.2 Å². The maximum atomic E-state index is 12.4. The maximum absolute atomic E-state index is 12.4. The fraction of sp³-hybridized carbons (Fsp3) is 0.316. The molecule has 0 aliphatic heterocycles. The second-order valence-corrected chi connectivity index (χ2v) is 7.40. The summed E-state index contributed by atoms with van der Waals surface area (Å²) in [6.45, 7) is 3.51. The van der Waals surface area contributed by atoms with Crippen LogP contribution in [0.15, 0.2) is 35.7 Å². The van der Waals surface area contributed by atoms with E-state index in [0.717, 1.165) is 18.4 Å². The molecule has 6 nitrogen and oxygen atoms in total. The number of hydrogen-bond donors (Lipinski definition) is 3. The predicted octanol–water partition coefficient (Wildman–Crippen LogP) is 3.16. The zero-order valence-electron chi connectivity index (χ0n) is 14.7. The van der Waals surface area contributed by atoms with E-state index in [1.807, 2.05) is 24.4 Å². The molecule has 1 saturated carbocycles. The van der Waals surface area contributed by atoms with Crippen molar-refractivity contribution in [3.63, 3.8) is 0 Å². The molecule has 1 unspecified atom stereocenters. The molecule has 1 aliphatic rings. The van der Waals surface area contributed by atoms with Gasteiger partial charge in [-0.1, -0.05) is 12.1 Å². The number of aryl methyl sites for hydroxylation is 1. The summed E-state index contributed by atoms with van der Waals surface area (Å²) in [7, 11) is 0. The predicted molar refractivity (Wildman–Crippen MR) is 102 cm³/mol. The van der Waals surface area contributed by atoms with E-state index in [4.69, 9.17) is 0 Å². The highest BCUT2D eigenvalue weighted by Crippen LogP contribution is 2.30. The van der Waals surface area contributed by atoms with Gasteiger partial charge >= 0.3 is 0 Å². The number of thiophene rings is 1. The number of benzene rings is 1. The Balaban J connectivity index is 1.62. The number of anilines is 2. The minimum Gasteiger partial charge on any atom is -0.340 e. The Kier molecular flexibility index (Phi) is 5.37. The van der Waals surface area contributed by atoms with Gasteiger partial charge in [0.1, 0.15) is 6.04 Å². The first-order valence-electron chi connectivity index (χ1n) is 8.51. The van der Waals surface area contributed by atoms with E-state index in [2.05, 4.69) is 16.0 Å². The lowest BCUT2D eigenvalue weighted by molar-refractivity contribution is -0.118. The molecule has 1 fully saturated rings. The smallest absolute Gasteiger partial charge is 0.261 e. The van der Waals surface area contributed by atoms with Gasteiger partial charge in [-0.05, 0) is 55.8 Å². The van der Waals surface area contributed by atoms with Gasteiger partial charge in [0.15, 0.2) is 0 Å². The number of amides is 3. The van der Waals surface area contributed by atoms with Gasteiger partial charge in [0.2, 0.25) is 11.8 Å². The lowest BCUT2D eigenvalue weighted by atomic mass is 10.1. The van der Waals surface area contributed by atoms with Crippen LogP contribution in [-0.4, -0.2) is 23.8 Å². The van der Waals surface area contributed by atoms with Crippen LogP contribution in [-0.2, 0) is 9.59 Å².